The van der Waals surface area contributed by atoms with E-state index < -0.39 is 22.9 Å². The number of benzene rings is 2. The lowest BCUT2D eigenvalue weighted by atomic mass is 10.2. The van der Waals surface area contributed by atoms with Crippen LogP contribution in [0, 0.1) is 10.1 Å². The molecule has 0 heterocycles. The number of ether oxygens (including phenoxy) is 1. The minimum absolute atomic E-state index is 0.0460. The zero-order chi connectivity index (χ0) is 18.4. The first-order valence-corrected chi connectivity index (χ1v) is 8.54. The van der Waals surface area contributed by atoms with Crippen molar-refractivity contribution < 1.29 is 19.2 Å². The summed E-state index contributed by atoms with van der Waals surface area (Å²) in [4.78, 5) is 35.6. The number of carbonyl (C=O) groups is 2. The van der Waals surface area contributed by atoms with Gasteiger partial charge in [0.1, 0.15) is 5.69 Å². The van der Waals surface area contributed by atoms with Crippen LogP contribution >= 0.6 is 11.8 Å². The number of nitro benzene ring substituents is 1. The average Bonchev–Trinajstić information content (AvgIpc) is 2.61. The Morgan fingerprint density at radius 3 is 2.40 bits per heavy atom. The SMILES string of the molecule is CSc1ccc(C(=O)O[C@@H](C)C(=O)Nc2ccccc2[N+](=O)[O-])cc1. The predicted octanol–water partition coefficient (Wildman–Crippen LogP) is 3.50. The van der Waals surface area contributed by atoms with Gasteiger partial charge in [-0.1, -0.05) is 12.1 Å². The lowest BCUT2D eigenvalue weighted by molar-refractivity contribution is -0.383. The van der Waals surface area contributed by atoms with Crippen LogP contribution in [0.2, 0.25) is 0 Å². The highest BCUT2D eigenvalue weighted by molar-refractivity contribution is 7.98. The number of esters is 1. The van der Waals surface area contributed by atoms with Crippen molar-refractivity contribution in [2.75, 3.05) is 11.6 Å². The summed E-state index contributed by atoms with van der Waals surface area (Å²) in [6.07, 6.45) is 0.815. The van der Waals surface area contributed by atoms with Gasteiger partial charge in [-0.15, -0.1) is 11.8 Å². The number of rotatable bonds is 6. The average molecular weight is 360 g/mol. The first kappa shape index (κ1) is 18.5. The van der Waals surface area contributed by atoms with Crippen LogP contribution in [0.3, 0.4) is 0 Å². The van der Waals surface area contributed by atoms with E-state index >= 15 is 0 Å². The standard InChI is InChI=1S/C17H16N2O5S/c1-11(24-17(21)12-7-9-13(25-2)10-8-12)16(20)18-14-5-3-4-6-15(14)19(22)23/h3-11H,1-2H3,(H,18,20)/t11-/m0/s1. The summed E-state index contributed by atoms with van der Waals surface area (Å²) in [5.41, 5.74) is 0.134. The number of hydrogen-bond acceptors (Lipinski definition) is 6. The number of hydrogen-bond donors (Lipinski definition) is 1. The normalized spacial score (nSPS) is 11.4. The van der Waals surface area contributed by atoms with Gasteiger partial charge in [0.05, 0.1) is 10.5 Å². The molecular formula is C17H16N2O5S. The third-order valence-electron chi connectivity index (χ3n) is 3.34. The van der Waals surface area contributed by atoms with Crippen molar-refractivity contribution in [2.24, 2.45) is 0 Å². The van der Waals surface area contributed by atoms with E-state index in [1.807, 2.05) is 6.26 Å². The lowest BCUT2D eigenvalue weighted by Gasteiger charge is -2.13. The lowest BCUT2D eigenvalue weighted by Crippen LogP contribution is -2.30. The van der Waals surface area contributed by atoms with Crippen molar-refractivity contribution in [1.29, 1.82) is 0 Å². The molecule has 2 aromatic rings. The molecule has 0 aliphatic carbocycles. The Labute approximate surface area is 148 Å². The number of carbonyl (C=O) groups excluding carboxylic acids is 2. The molecule has 130 valence electrons. The third kappa shape index (κ3) is 4.80. The van der Waals surface area contributed by atoms with Crippen LogP contribution < -0.4 is 5.32 Å². The van der Waals surface area contributed by atoms with Crippen LogP contribution in [0.5, 0.6) is 0 Å². The molecule has 1 atom stereocenters. The maximum atomic E-state index is 12.1. The van der Waals surface area contributed by atoms with Gasteiger partial charge in [-0.2, -0.15) is 0 Å². The highest BCUT2D eigenvalue weighted by Gasteiger charge is 2.22. The summed E-state index contributed by atoms with van der Waals surface area (Å²) in [6, 6.07) is 12.5. The molecule has 25 heavy (non-hydrogen) atoms. The highest BCUT2D eigenvalue weighted by Crippen LogP contribution is 2.23. The molecule has 2 aromatic carbocycles. The van der Waals surface area contributed by atoms with Crippen LogP contribution in [0.25, 0.3) is 0 Å². The molecule has 2 rings (SSSR count). The molecule has 0 saturated carbocycles. The number of nitrogens with zero attached hydrogens (tertiary/aromatic N) is 1. The molecule has 0 radical (unpaired) electrons. The number of thioether (sulfide) groups is 1. The summed E-state index contributed by atoms with van der Waals surface area (Å²) in [6.45, 7) is 1.40. The van der Waals surface area contributed by atoms with Gasteiger partial charge in [-0.25, -0.2) is 4.79 Å². The molecule has 1 N–H and O–H groups in total. The molecule has 0 aliphatic heterocycles. The zero-order valence-electron chi connectivity index (χ0n) is 13.6. The zero-order valence-corrected chi connectivity index (χ0v) is 14.4. The van der Waals surface area contributed by atoms with Crippen LogP contribution in [-0.4, -0.2) is 29.2 Å². The smallest absolute Gasteiger partial charge is 0.338 e. The summed E-state index contributed by atoms with van der Waals surface area (Å²) in [7, 11) is 0. The quantitative estimate of drug-likeness (QED) is 0.366. The van der Waals surface area contributed by atoms with E-state index in [4.69, 9.17) is 4.74 Å². The van der Waals surface area contributed by atoms with Crippen LogP contribution in [-0.2, 0) is 9.53 Å². The van der Waals surface area contributed by atoms with Gasteiger partial charge in [0.2, 0.25) is 0 Å². The summed E-state index contributed by atoms with van der Waals surface area (Å²) < 4.78 is 5.12. The fraction of sp³-hybridized carbons (Fsp3) is 0.176. The Bertz CT molecular complexity index is 792. The minimum Gasteiger partial charge on any atom is -0.449 e. The summed E-state index contributed by atoms with van der Waals surface area (Å²) in [5, 5.41) is 13.4. The predicted molar refractivity (Wildman–Crippen MR) is 94.8 cm³/mol. The molecule has 0 fully saturated rings. The molecule has 0 bridgehead atoms. The van der Waals surface area contributed by atoms with E-state index in [2.05, 4.69) is 5.32 Å². The van der Waals surface area contributed by atoms with Gasteiger partial charge >= 0.3 is 5.97 Å². The molecule has 0 saturated heterocycles. The van der Waals surface area contributed by atoms with E-state index in [1.165, 1.54) is 25.1 Å². The Morgan fingerprint density at radius 1 is 1.16 bits per heavy atom. The minimum atomic E-state index is -1.10. The van der Waals surface area contributed by atoms with Gasteiger partial charge in [0.25, 0.3) is 11.6 Å². The van der Waals surface area contributed by atoms with Crippen molar-refractivity contribution in [2.45, 2.75) is 17.9 Å². The van der Waals surface area contributed by atoms with Crippen molar-refractivity contribution in [3.05, 3.63) is 64.2 Å². The molecule has 7 nitrogen and oxygen atoms in total. The van der Waals surface area contributed by atoms with Crippen LogP contribution in [0.4, 0.5) is 11.4 Å². The molecule has 1 amide bonds. The second kappa shape index (κ2) is 8.29. The molecule has 0 aliphatic rings. The van der Waals surface area contributed by atoms with E-state index in [-0.39, 0.29) is 11.4 Å². The van der Waals surface area contributed by atoms with E-state index in [1.54, 1.807) is 42.1 Å². The Morgan fingerprint density at radius 2 is 1.80 bits per heavy atom. The number of para-hydroxylation sites is 2. The second-order valence-electron chi connectivity index (χ2n) is 5.04. The maximum Gasteiger partial charge on any atom is 0.338 e. The maximum absolute atomic E-state index is 12.1. The summed E-state index contributed by atoms with van der Waals surface area (Å²) >= 11 is 1.54. The topological polar surface area (TPSA) is 98.5 Å². The number of amides is 1. The monoisotopic (exact) mass is 360 g/mol. The van der Waals surface area contributed by atoms with E-state index in [9.17, 15) is 19.7 Å². The Balaban J connectivity index is 2.02. The van der Waals surface area contributed by atoms with E-state index in [0.717, 1.165) is 4.90 Å². The van der Waals surface area contributed by atoms with Gasteiger partial charge in [-0.3, -0.25) is 14.9 Å². The third-order valence-corrected chi connectivity index (χ3v) is 4.08. The van der Waals surface area contributed by atoms with Crippen molar-refractivity contribution in [3.63, 3.8) is 0 Å². The van der Waals surface area contributed by atoms with Crippen molar-refractivity contribution in [3.8, 4) is 0 Å². The van der Waals surface area contributed by atoms with Crippen molar-refractivity contribution >= 4 is 35.0 Å². The highest BCUT2D eigenvalue weighted by atomic mass is 32.2. The molecule has 0 spiro atoms. The molecule has 8 heteroatoms. The first-order chi connectivity index (χ1) is 11.9. The van der Waals surface area contributed by atoms with Gasteiger partial charge in [-0.05, 0) is 43.5 Å². The fourth-order valence-electron chi connectivity index (χ4n) is 1.98. The van der Waals surface area contributed by atoms with Crippen molar-refractivity contribution in [1.82, 2.24) is 0 Å². The van der Waals surface area contributed by atoms with E-state index in [0.29, 0.717) is 5.56 Å². The van der Waals surface area contributed by atoms with Crippen LogP contribution in [0.1, 0.15) is 17.3 Å². The first-order valence-electron chi connectivity index (χ1n) is 7.31. The number of nitrogens with one attached hydrogen (secondary N) is 1. The Hall–Kier alpha value is -2.87. The molecular weight excluding hydrogens is 344 g/mol. The fourth-order valence-corrected chi connectivity index (χ4v) is 2.39. The van der Waals surface area contributed by atoms with Gasteiger partial charge in [0, 0.05) is 11.0 Å². The number of anilines is 1. The molecule has 0 aromatic heterocycles. The van der Waals surface area contributed by atoms with Gasteiger partial charge < -0.3 is 10.1 Å². The Kier molecular flexibility index (Phi) is 6.13. The second-order valence-corrected chi connectivity index (χ2v) is 5.92. The van der Waals surface area contributed by atoms with Crippen LogP contribution in [0.15, 0.2) is 53.4 Å². The number of nitro groups is 1. The molecule has 0 unspecified atom stereocenters. The largest absolute Gasteiger partial charge is 0.449 e. The summed E-state index contributed by atoms with van der Waals surface area (Å²) in [5.74, 6) is -1.29. The van der Waals surface area contributed by atoms with Gasteiger partial charge in [0.15, 0.2) is 6.10 Å².